The number of ether oxygens (including phenoxy) is 6. The summed E-state index contributed by atoms with van der Waals surface area (Å²) in [5.41, 5.74) is -5.30. The molecule has 36 heteroatoms. The average Bonchev–Trinajstić information content (AvgIpc) is 1.47. The molecule has 6 N–H and O–H groups in total. The molecule has 0 aliphatic carbocycles. The van der Waals surface area contributed by atoms with Crippen LogP contribution >= 0.6 is 0 Å². The lowest BCUT2D eigenvalue weighted by atomic mass is 9.93. The van der Waals surface area contributed by atoms with Gasteiger partial charge in [0.15, 0.2) is 0 Å². The average molecular weight is 1300 g/mol. The summed E-state index contributed by atoms with van der Waals surface area (Å²) in [5, 5.41) is 118. The number of carbonyl (C=O) groups excluding carboxylic acids is 6. The number of aliphatic hydroxyl groups is 6. The number of benzene rings is 4. The lowest BCUT2D eigenvalue weighted by Gasteiger charge is -2.22. The number of carbonyl (C=O) groups is 6. The third kappa shape index (κ3) is 17.7. The van der Waals surface area contributed by atoms with Crippen LogP contribution < -0.4 is 0 Å². The van der Waals surface area contributed by atoms with Crippen LogP contribution in [-0.4, -0.2) is 166 Å². The van der Waals surface area contributed by atoms with Crippen LogP contribution in [0, 0.1) is 46.6 Å². The molecule has 0 aliphatic rings. The Morgan fingerprint density at radius 2 is 0.645 bits per heavy atom. The Balaban J connectivity index is 1.04. The van der Waals surface area contributed by atoms with E-state index in [9.17, 15) is 89.7 Å². The van der Waals surface area contributed by atoms with E-state index >= 15 is 0 Å². The number of hydrogen-bond donors (Lipinski definition) is 6. The lowest BCUT2D eigenvalue weighted by molar-refractivity contribution is -0.386. The van der Waals surface area contributed by atoms with Gasteiger partial charge in [-0.25, -0.2) is 28.4 Å². The van der Waals surface area contributed by atoms with E-state index in [1.165, 1.54) is 89.8 Å². The van der Waals surface area contributed by atoms with Crippen molar-refractivity contribution in [3.8, 4) is 0 Å². The van der Waals surface area contributed by atoms with Gasteiger partial charge in [-0.3, -0.25) is 44.7 Å². The number of aliphatic hydroxyl groups excluding tert-OH is 6. The number of nitro groups is 3. The molecule has 492 valence electrons. The number of nitro benzene ring substituents is 3. The van der Waals surface area contributed by atoms with E-state index in [1.807, 2.05) is 0 Å². The lowest BCUT2D eigenvalue weighted by Crippen LogP contribution is -2.37. The molecule has 0 atom stereocenters. The van der Waals surface area contributed by atoms with Crippen LogP contribution in [0.25, 0.3) is 0 Å². The molecule has 0 fully saturated rings. The van der Waals surface area contributed by atoms with Crippen LogP contribution in [-0.2, 0) is 102 Å². The Morgan fingerprint density at radius 1 is 0.398 bits per heavy atom. The van der Waals surface area contributed by atoms with E-state index in [0.29, 0.717) is 16.7 Å². The van der Waals surface area contributed by atoms with Gasteiger partial charge in [-0.05, 0) is 73.9 Å². The number of nitrogens with zero attached hydrogens (tertiary/aromatic N) is 12. The van der Waals surface area contributed by atoms with Crippen molar-refractivity contribution in [1.29, 1.82) is 0 Å². The summed E-state index contributed by atoms with van der Waals surface area (Å²) in [4.78, 5) is 110. The minimum absolute atomic E-state index is 0.0568. The number of aromatic nitrogens is 9. The highest BCUT2D eigenvalue weighted by atomic mass is 16.6. The van der Waals surface area contributed by atoms with Gasteiger partial charge in [0.2, 0.25) is 0 Å². The van der Waals surface area contributed by atoms with Crippen molar-refractivity contribution in [2.24, 2.45) is 16.2 Å². The van der Waals surface area contributed by atoms with E-state index in [1.54, 1.807) is 18.2 Å². The van der Waals surface area contributed by atoms with E-state index in [0.717, 1.165) is 18.2 Å². The van der Waals surface area contributed by atoms with Gasteiger partial charge in [-0.2, -0.15) is 0 Å². The van der Waals surface area contributed by atoms with E-state index in [4.69, 9.17) is 28.4 Å². The smallest absolute Gasteiger partial charge is 0.338 e. The second kappa shape index (κ2) is 30.7. The molecule has 7 aromatic rings. The maximum atomic E-state index is 13.1. The topological polar surface area (TPSA) is 501 Å². The molecule has 0 spiro atoms. The predicted octanol–water partition coefficient (Wildman–Crippen LogP) is 1.50. The predicted molar refractivity (Wildman–Crippen MR) is 307 cm³/mol. The van der Waals surface area contributed by atoms with Crippen LogP contribution in [0.15, 0.2) is 91.4 Å². The van der Waals surface area contributed by atoms with Gasteiger partial charge in [-0.1, -0.05) is 33.8 Å². The first-order valence-corrected chi connectivity index (χ1v) is 27.6. The molecule has 4 aromatic carbocycles. The molecule has 0 saturated heterocycles. The van der Waals surface area contributed by atoms with Crippen LogP contribution in [0.3, 0.4) is 0 Å². The summed E-state index contributed by atoms with van der Waals surface area (Å²) in [6.45, 7) is -3.74. The third-order valence-corrected chi connectivity index (χ3v) is 14.2. The second-order valence-electron chi connectivity index (χ2n) is 21.8. The normalized spacial score (nSPS) is 11.6. The molecular formula is C57H60N12O24. The fourth-order valence-electron chi connectivity index (χ4n) is 8.23. The third-order valence-electron chi connectivity index (χ3n) is 14.2. The highest BCUT2D eigenvalue weighted by molar-refractivity contribution is 5.91. The molecule has 3 aromatic heterocycles. The summed E-state index contributed by atoms with van der Waals surface area (Å²) in [6, 6.07) is 15.4. The maximum Gasteiger partial charge on any atom is 0.338 e. The Kier molecular flexibility index (Phi) is 23.0. The first-order chi connectivity index (χ1) is 44.3. The van der Waals surface area contributed by atoms with Gasteiger partial charge in [0.05, 0.1) is 126 Å². The summed E-state index contributed by atoms with van der Waals surface area (Å²) >= 11 is 0. The Hall–Kier alpha value is -10.9. The molecule has 0 saturated carbocycles. The highest BCUT2D eigenvalue weighted by Gasteiger charge is 2.37. The fraction of sp³-hybridized carbons (Fsp3) is 0.368. The summed E-state index contributed by atoms with van der Waals surface area (Å²) < 4.78 is 35.7. The first kappa shape index (κ1) is 69.6. The molecule has 7 rings (SSSR count). The maximum absolute atomic E-state index is 13.1. The molecule has 36 nitrogen and oxygen atoms in total. The van der Waals surface area contributed by atoms with Gasteiger partial charge in [0.1, 0.15) is 73.0 Å². The largest absolute Gasteiger partial charge is 0.460 e. The van der Waals surface area contributed by atoms with Crippen molar-refractivity contribution >= 4 is 52.9 Å². The fourth-order valence-corrected chi connectivity index (χ4v) is 8.23. The molecule has 0 aliphatic heterocycles. The minimum Gasteiger partial charge on any atom is -0.460 e. The second-order valence-corrected chi connectivity index (χ2v) is 21.8. The Bertz CT molecular complexity index is 3520. The monoisotopic (exact) mass is 1300 g/mol. The van der Waals surface area contributed by atoms with Crippen LogP contribution in [0.1, 0.15) is 102 Å². The molecular weight excluding hydrogens is 1240 g/mol. The van der Waals surface area contributed by atoms with Crippen molar-refractivity contribution in [2.75, 3.05) is 39.6 Å². The summed E-state index contributed by atoms with van der Waals surface area (Å²) in [7, 11) is 0. The van der Waals surface area contributed by atoms with Crippen molar-refractivity contribution in [3.63, 3.8) is 0 Å². The molecule has 0 unspecified atom stereocenters. The SMILES string of the molecule is CC(CO)(CO)C(=O)OCc1ccc(C(=O)OCc2cn(Cc3cc(Cn4cc(COC(=O)c5ccc(COC(=O)C(C)(CO)CO)c([N+](=O)[O-])c5)nn4)cc(Cn4cc(COC(=O)c5ccc(COC(=O)C(C)(CO)CO)c([N+](=O)[O-])c5)nn4)c3)nn2)cc1[N+](=O)[O-]. The summed E-state index contributed by atoms with van der Waals surface area (Å²) in [5.74, 6) is -5.95. The molecule has 93 heavy (non-hydrogen) atoms. The minimum atomic E-state index is -1.66. The van der Waals surface area contributed by atoms with Gasteiger partial charge in [0, 0.05) is 18.2 Å². The van der Waals surface area contributed by atoms with Crippen molar-refractivity contribution in [3.05, 3.63) is 189 Å². The van der Waals surface area contributed by atoms with Crippen molar-refractivity contribution in [2.45, 2.75) is 80.0 Å². The van der Waals surface area contributed by atoms with Crippen molar-refractivity contribution in [1.82, 2.24) is 45.0 Å². The zero-order chi connectivity index (χ0) is 67.8. The van der Waals surface area contributed by atoms with Crippen LogP contribution in [0.5, 0.6) is 0 Å². The number of rotatable bonds is 33. The van der Waals surface area contributed by atoms with Gasteiger partial charge < -0.3 is 59.1 Å². The number of esters is 6. The zero-order valence-corrected chi connectivity index (χ0v) is 49.7. The van der Waals surface area contributed by atoms with E-state index in [-0.39, 0.29) is 70.1 Å². The Labute approximate surface area is 523 Å². The van der Waals surface area contributed by atoms with Gasteiger partial charge in [-0.15, -0.1) is 15.3 Å². The van der Waals surface area contributed by atoms with Gasteiger partial charge in [0.25, 0.3) is 17.1 Å². The standard InChI is InChI=1S/C57H60N12O24/c1-55(28-70,29-71)52(79)91-22-40-7-4-37(13-46(40)67(82)83)49(76)88-25-43-19-64(61-58-43)16-34-10-35(17-65-20-44(59-62-65)26-89-50(77)38-5-8-41(47(14-38)68(84)85)23-92-53(80)56(2,30-72)31-73)12-36(11-34)18-66-21-45(60-63-66)27-90-51(78)39-6-9-42(48(15-39)69(86)87)24-93-54(81)57(3,32-74)33-75/h4-15,19-21,70-75H,16-18,22-33H2,1-3H3. The van der Waals surface area contributed by atoms with Gasteiger partial charge >= 0.3 is 35.8 Å². The molecule has 3 heterocycles. The van der Waals surface area contributed by atoms with Crippen LogP contribution in [0.4, 0.5) is 17.1 Å². The number of hydrogen-bond acceptors (Lipinski definition) is 30. The molecule has 0 radical (unpaired) electrons. The molecule has 0 bridgehead atoms. The van der Waals surface area contributed by atoms with Crippen molar-refractivity contribution < 1.29 is 103 Å². The molecule has 0 amide bonds. The Morgan fingerprint density at radius 3 is 0.871 bits per heavy atom. The quantitative estimate of drug-likeness (QED) is 0.0147. The van der Waals surface area contributed by atoms with E-state index in [2.05, 4.69) is 30.9 Å². The highest BCUT2D eigenvalue weighted by Crippen LogP contribution is 2.28. The summed E-state index contributed by atoms with van der Waals surface area (Å²) in [6.07, 6.45) is 4.41. The van der Waals surface area contributed by atoms with Crippen LogP contribution in [0.2, 0.25) is 0 Å². The van der Waals surface area contributed by atoms with E-state index < -0.39 is 163 Å². The zero-order valence-electron chi connectivity index (χ0n) is 49.7. The first-order valence-electron chi connectivity index (χ1n) is 27.6.